The van der Waals surface area contributed by atoms with Crippen LogP contribution in [0.25, 0.3) is 10.6 Å². The highest BCUT2D eigenvalue weighted by Gasteiger charge is 2.25. The van der Waals surface area contributed by atoms with Crippen molar-refractivity contribution in [3.05, 3.63) is 35.8 Å². The Morgan fingerprint density at radius 2 is 2.05 bits per heavy atom. The molecule has 0 aliphatic carbocycles. The number of hydrogen-bond acceptors (Lipinski definition) is 4. The molecule has 1 amide bonds. The first-order valence-corrected chi connectivity index (χ1v) is 7.40. The van der Waals surface area contributed by atoms with Crippen molar-refractivity contribution < 1.29 is 14.7 Å². The SMILES string of the molecule is CC(C(=O)O)C(C)C(=O)Nc1cccc(-c2nccs2)c1. The van der Waals surface area contributed by atoms with E-state index in [1.807, 2.05) is 23.6 Å². The van der Waals surface area contributed by atoms with E-state index in [-0.39, 0.29) is 5.91 Å². The minimum atomic E-state index is -0.978. The van der Waals surface area contributed by atoms with E-state index in [0.29, 0.717) is 5.69 Å². The molecule has 0 aliphatic rings. The molecule has 0 saturated heterocycles. The van der Waals surface area contributed by atoms with E-state index in [0.717, 1.165) is 10.6 Å². The Kier molecular flexibility index (Phi) is 4.70. The second kappa shape index (κ2) is 6.49. The van der Waals surface area contributed by atoms with Gasteiger partial charge in [0.2, 0.25) is 5.91 Å². The van der Waals surface area contributed by atoms with Gasteiger partial charge in [0.25, 0.3) is 0 Å². The Morgan fingerprint density at radius 1 is 1.29 bits per heavy atom. The Balaban J connectivity index is 2.11. The highest BCUT2D eigenvalue weighted by atomic mass is 32.1. The van der Waals surface area contributed by atoms with E-state index < -0.39 is 17.8 Å². The smallest absolute Gasteiger partial charge is 0.307 e. The average Bonchev–Trinajstić information content (AvgIpc) is 3.00. The molecule has 0 fully saturated rings. The van der Waals surface area contributed by atoms with Gasteiger partial charge >= 0.3 is 5.97 Å². The van der Waals surface area contributed by atoms with Gasteiger partial charge in [0, 0.05) is 28.7 Å². The molecule has 2 atom stereocenters. The van der Waals surface area contributed by atoms with E-state index in [9.17, 15) is 9.59 Å². The maximum absolute atomic E-state index is 12.1. The third-order valence-electron chi connectivity index (χ3n) is 3.36. The van der Waals surface area contributed by atoms with Gasteiger partial charge in [0.05, 0.1) is 5.92 Å². The van der Waals surface area contributed by atoms with Crippen LogP contribution in [0.5, 0.6) is 0 Å². The number of amides is 1. The molecule has 0 saturated carbocycles. The minimum Gasteiger partial charge on any atom is -0.481 e. The first-order chi connectivity index (χ1) is 9.99. The van der Waals surface area contributed by atoms with Crippen molar-refractivity contribution in [3.63, 3.8) is 0 Å². The lowest BCUT2D eigenvalue weighted by Gasteiger charge is -2.16. The first kappa shape index (κ1) is 15.2. The molecule has 1 aromatic heterocycles. The monoisotopic (exact) mass is 304 g/mol. The van der Waals surface area contributed by atoms with Gasteiger partial charge in [0.15, 0.2) is 0 Å². The van der Waals surface area contributed by atoms with Gasteiger partial charge in [0.1, 0.15) is 5.01 Å². The third-order valence-corrected chi connectivity index (χ3v) is 4.18. The topological polar surface area (TPSA) is 79.3 Å². The highest BCUT2D eigenvalue weighted by Crippen LogP contribution is 2.25. The molecule has 2 aromatic rings. The second-order valence-electron chi connectivity index (χ2n) is 4.82. The van der Waals surface area contributed by atoms with Crippen LogP contribution < -0.4 is 5.32 Å². The number of carbonyl (C=O) groups is 2. The number of rotatable bonds is 5. The summed E-state index contributed by atoms with van der Waals surface area (Å²) in [5, 5.41) is 14.5. The third kappa shape index (κ3) is 3.66. The van der Waals surface area contributed by atoms with E-state index in [1.165, 1.54) is 18.3 Å². The van der Waals surface area contributed by atoms with Crippen LogP contribution in [0.15, 0.2) is 35.8 Å². The molecule has 0 radical (unpaired) electrons. The summed E-state index contributed by atoms with van der Waals surface area (Å²) in [5.41, 5.74) is 1.55. The van der Waals surface area contributed by atoms with Crippen molar-refractivity contribution in [3.8, 4) is 10.6 Å². The van der Waals surface area contributed by atoms with Crippen molar-refractivity contribution in [1.29, 1.82) is 0 Å². The standard InChI is InChI=1S/C15H16N2O3S/c1-9(10(2)15(19)20)13(18)17-12-5-3-4-11(8-12)14-16-6-7-21-14/h3-10H,1-2H3,(H,17,18)(H,19,20). The molecule has 110 valence electrons. The summed E-state index contributed by atoms with van der Waals surface area (Å²) < 4.78 is 0. The molecule has 1 heterocycles. The Bertz CT molecular complexity index is 640. The van der Waals surface area contributed by atoms with Crippen LogP contribution in [-0.2, 0) is 9.59 Å². The van der Waals surface area contributed by atoms with Crippen molar-refractivity contribution in [2.45, 2.75) is 13.8 Å². The van der Waals surface area contributed by atoms with E-state index in [2.05, 4.69) is 10.3 Å². The molecule has 0 aliphatic heterocycles. The predicted octanol–water partition coefficient (Wildman–Crippen LogP) is 3.11. The summed E-state index contributed by atoms with van der Waals surface area (Å²) in [5.74, 6) is -2.62. The number of nitrogens with zero attached hydrogens (tertiary/aromatic N) is 1. The van der Waals surface area contributed by atoms with Crippen LogP contribution in [0.1, 0.15) is 13.8 Å². The number of carboxylic acids is 1. The van der Waals surface area contributed by atoms with Crippen LogP contribution in [0.2, 0.25) is 0 Å². The molecule has 21 heavy (non-hydrogen) atoms. The molecular formula is C15H16N2O3S. The average molecular weight is 304 g/mol. The molecule has 2 rings (SSSR count). The number of benzene rings is 1. The van der Waals surface area contributed by atoms with Crippen molar-refractivity contribution in [2.75, 3.05) is 5.32 Å². The molecule has 6 heteroatoms. The summed E-state index contributed by atoms with van der Waals surface area (Å²) in [6.45, 7) is 3.14. The van der Waals surface area contributed by atoms with Crippen LogP contribution >= 0.6 is 11.3 Å². The van der Waals surface area contributed by atoms with Gasteiger partial charge < -0.3 is 10.4 Å². The van der Waals surface area contributed by atoms with Gasteiger partial charge in [-0.2, -0.15) is 0 Å². The van der Waals surface area contributed by atoms with Crippen molar-refractivity contribution >= 4 is 28.9 Å². The quantitative estimate of drug-likeness (QED) is 0.889. The van der Waals surface area contributed by atoms with E-state index in [1.54, 1.807) is 19.2 Å². The summed E-state index contributed by atoms with van der Waals surface area (Å²) in [4.78, 5) is 27.2. The molecule has 1 aromatic carbocycles. The molecule has 2 N–H and O–H groups in total. The lowest BCUT2D eigenvalue weighted by atomic mass is 9.95. The van der Waals surface area contributed by atoms with Gasteiger partial charge in [-0.1, -0.05) is 26.0 Å². The molecule has 0 spiro atoms. The van der Waals surface area contributed by atoms with Crippen LogP contribution in [0.3, 0.4) is 0 Å². The Morgan fingerprint density at radius 3 is 2.67 bits per heavy atom. The van der Waals surface area contributed by atoms with Crippen LogP contribution in [0, 0.1) is 11.8 Å². The largest absolute Gasteiger partial charge is 0.481 e. The predicted molar refractivity (Wildman–Crippen MR) is 82.1 cm³/mol. The minimum absolute atomic E-state index is 0.304. The number of carbonyl (C=O) groups excluding carboxylic acids is 1. The number of aliphatic carboxylic acids is 1. The maximum atomic E-state index is 12.1. The summed E-state index contributed by atoms with van der Waals surface area (Å²) in [6.07, 6.45) is 1.72. The highest BCUT2D eigenvalue weighted by molar-refractivity contribution is 7.13. The number of carboxylic acid groups (broad SMARTS) is 1. The molecule has 5 nitrogen and oxygen atoms in total. The zero-order valence-electron chi connectivity index (χ0n) is 11.7. The zero-order valence-corrected chi connectivity index (χ0v) is 12.6. The number of hydrogen-bond donors (Lipinski definition) is 2. The van der Waals surface area contributed by atoms with Crippen LogP contribution in [0.4, 0.5) is 5.69 Å². The fourth-order valence-electron chi connectivity index (χ4n) is 1.79. The summed E-state index contributed by atoms with van der Waals surface area (Å²) in [6, 6.07) is 7.34. The molecule has 2 unspecified atom stereocenters. The number of nitrogens with one attached hydrogen (secondary N) is 1. The van der Waals surface area contributed by atoms with Gasteiger partial charge in [-0.25, -0.2) is 4.98 Å². The van der Waals surface area contributed by atoms with Crippen molar-refractivity contribution in [2.24, 2.45) is 11.8 Å². The molecular weight excluding hydrogens is 288 g/mol. The fraction of sp³-hybridized carbons (Fsp3) is 0.267. The van der Waals surface area contributed by atoms with Gasteiger partial charge in [-0.15, -0.1) is 11.3 Å². The fourth-order valence-corrected chi connectivity index (χ4v) is 2.43. The van der Waals surface area contributed by atoms with Gasteiger partial charge in [-0.3, -0.25) is 9.59 Å². The van der Waals surface area contributed by atoms with E-state index in [4.69, 9.17) is 5.11 Å². The molecule has 0 bridgehead atoms. The summed E-state index contributed by atoms with van der Waals surface area (Å²) in [7, 11) is 0. The normalized spacial score (nSPS) is 13.4. The van der Waals surface area contributed by atoms with E-state index >= 15 is 0 Å². The van der Waals surface area contributed by atoms with Gasteiger partial charge in [-0.05, 0) is 12.1 Å². The number of thiazole rings is 1. The summed E-state index contributed by atoms with van der Waals surface area (Å²) >= 11 is 1.52. The first-order valence-electron chi connectivity index (χ1n) is 6.52. The van der Waals surface area contributed by atoms with Crippen LogP contribution in [-0.4, -0.2) is 22.0 Å². The Hall–Kier alpha value is -2.21. The lowest BCUT2D eigenvalue weighted by molar-refractivity contribution is -0.145. The lowest BCUT2D eigenvalue weighted by Crippen LogP contribution is -2.29. The number of aromatic nitrogens is 1. The Labute approximate surface area is 126 Å². The zero-order chi connectivity index (χ0) is 15.4. The van der Waals surface area contributed by atoms with Crippen molar-refractivity contribution in [1.82, 2.24) is 4.98 Å². The second-order valence-corrected chi connectivity index (χ2v) is 5.72. The number of anilines is 1. The maximum Gasteiger partial charge on any atom is 0.307 e.